The van der Waals surface area contributed by atoms with E-state index in [2.05, 4.69) is 22.0 Å². The van der Waals surface area contributed by atoms with Crippen molar-refractivity contribution in [3.8, 4) is 5.69 Å². The molecule has 6 nitrogen and oxygen atoms in total. The number of hydrogen-bond donors (Lipinski definition) is 1. The zero-order valence-corrected chi connectivity index (χ0v) is 14.7. The Labute approximate surface area is 150 Å². The van der Waals surface area contributed by atoms with E-state index in [4.69, 9.17) is 4.98 Å². The lowest BCUT2D eigenvalue weighted by atomic mass is 10.0. The number of aryl methyl sites for hydroxylation is 1. The summed E-state index contributed by atoms with van der Waals surface area (Å²) in [4.78, 5) is 30.0. The first kappa shape index (κ1) is 16.2. The van der Waals surface area contributed by atoms with Gasteiger partial charge in [-0.3, -0.25) is 14.3 Å². The van der Waals surface area contributed by atoms with Gasteiger partial charge in [-0.15, -0.1) is 0 Å². The van der Waals surface area contributed by atoms with Crippen molar-refractivity contribution in [1.82, 2.24) is 19.8 Å². The minimum Gasteiger partial charge on any atom is -0.336 e. The number of hydrogen-bond acceptors (Lipinski definition) is 4. The van der Waals surface area contributed by atoms with E-state index in [0.29, 0.717) is 13.1 Å². The summed E-state index contributed by atoms with van der Waals surface area (Å²) < 4.78 is 2.18. The Morgan fingerprint density at radius 3 is 2.76 bits per heavy atom. The maximum Gasteiger partial charge on any atom is 0.324 e. The lowest BCUT2D eigenvalue weighted by Crippen LogP contribution is -2.35. The van der Waals surface area contributed by atoms with Gasteiger partial charge < -0.3 is 5.32 Å². The number of fused-ring (bicyclic) bond motifs is 1. The summed E-state index contributed by atoms with van der Waals surface area (Å²) in [5.41, 5.74) is 3.47. The Bertz CT molecular complexity index is 803. The van der Waals surface area contributed by atoms with E-state index in [1.54, 1.807) is 0 Å². The van der Waals surface area contributed by atoms with Gasteiger partial charge in [0.25, 0.3) is 0 Å². The molecule has 1 aliphatic carbocycles. The minimum absolute atomic E-state index is 0.166. The van der Waals surface area contributed by atoms with Gasteiger partial charge in [0.15, 0.2) is 5.16 Å². The number of urea groups is 1. The van der Waals surface area contributed by atoms with Crippen molar-refractivity contribution in [3.63, 3.8) is 0 Å². The highest BCUT2D eigenvalue weighted by molar-refractivity contribution is 7.99. The first-order valence-electron chi connectivity index (χ1n) is 8.61. The maximum absolute atomic E-state index is 12.3. The van der Waals surface area contributed by atoms with Crippen molar-refractivity contribution >= 4 is 23.7 Å². The summed E-state index contributed by atoms with van der Waals surface area (Å²) in [6.45, 7) is 0.976. The highest BCUT2D eigenvalue weighted by atomic mass is 32.2. The molecule has 1 saturated heterocycles. The Morgan fingerprint density at radius 1 is 1.20 bits per heavy atom. The monoisotopic (exact) mass is 356 g/mol. The number of para-hydroxylation sites is 1. The van der Waals surface area contributed by atoms with Crippen molar-refractivity contribution < 1.29 is 9.59 Å². The molecule has 0 spiro atoms. The molecule has 0 radical (unpaired) electrons. The van der Waals surface area contributed by atoms with Crippen LogP contribution >= 0.6 is 11.8 Å². The summed E-state index contributed by atoms with van der Waals surface area (Å²) in [7, 11) is 0. The number of nitrogens with zero attached hydrogens (tertiary/aromatic N) is 3. The molecule has 4 rings (SSSR count). The fraction of sp³-hybridized carbons (Fsp3) is 0.389. The van der Waals surface area contributed by atoms with Gasteiger partial charge in [0.2, 0.25) is 5.91 Å². The first-order valence-corrected chi connectivity index (χ1v) is 9.59. The van der Waals surface area contributed by atoms with Crippen LogP contribution in [0.15, 0.2) is 35.5 Å². The fourth-order valence-electron chi connectivity index (χ4n) is 3.37. The number of rotatable bonds is 4. The number of thioether (sulfide) groups is 1. The molecule has 1 fully saturated rings. The standard InChI is InChI=1S/C18H20N4O2S/c23-16(21-11-10-19-17(21)24)12-25-18-20-14-8-4-5-9-15(14)22(18)13-6-2-1-3-7-13/h1-3,6-7H,4-5,8-12H2,(H,19,24). The molecule has 0 atom stereocenters. The van der Waals surface area contributed by atoms with Crippen LogP contribution < -0.4 is 5.32 Å². The molecule has 7 heteroatoms. The molecule has 2 aromatic rings. The number of nitrogens with one attached hydrogen (secondary N) is 1. The van der Waals surface area contributed by atoms with Crippen molar-refractivity contribution in [3.05, 3.63) is 41.7 Å². The lowest BCUT2D eigenvalue weighted by Gasteiger charge is -2.15. The normalized spacial score (nSPS) is 16.6. The molecular formula is C18H20N4O2S. The topological polar surface area (TPSA) is 67.2 Å². The number of carbonyl (C=O) groups is 2. The number of imide groups is 1. The van der Waals surface area contributed by atoms with Crippen LogP contribution in [0.2, 0.25) is 0 Å². The van der Waals surface area contributed by atoms with Crippen molar-refractivity contribution in [2.45, 2.75) is 30.8 Å². The zero-order valence-electron chi connectivity index (χ0n) is 13.9. The Kier molecular flexibility index (Phi) is 4.48. The van der Waals surface area contributed by atoms with E-state index >= 15 is 0 Å². The van der Waals surface area contributed by atoms with E-state index in [-0.39, 0.29) is 17.7 Å². The number of carbonyl (C=O) groups excluding carboxylic acids is 2. The number of aromatic nitrogens is 2. The van der Waals surface area contributed by atoms with Gasteiger partial charge in [-0.25, -0.2) is 9.78 Å². The third kappa shape index (κ3) is 3.16. The highest BCUT2D eigenvalue weighted by Crippen LogP contribution is 2.30. The Balaban J connectivity index is 1.60. The molecule has 130 valence electrons. The second kappa shape index (κ2) is 6.92. The predicted octanol–water partition coefficient (Wildman–Crippen LogP) is 2.40. The summed E-state index contributed by atoms with van der Waals surface area (Å²) in [5.74, 6) is 0.0523. The van der Waals surface area contributed by atoms with Crippen LogP contribution in [0.3, 0.4) is 0 Å². The molecule has 1 N–H and O–H groups in total. The van der Waals surface area contributed by atoms with Gasteiger partial charge in [-0.05, 0) is 37.8 Å². The fourth-order valence-corrected chi connectivity index (χ4v) is 4.30. The average Bonchev–Trinajstić information content (AvgIpc) is 3.23. The summed E-state index contributed by atoms with van der Waals surface area (Å²) in [6.07, 6.45) is 4.34. The lowest BCUT2D eigenvalue weighted by molar-refractivity contribution is -0.124. The molecule has 25 heavy (non-hydrogen) atoms. The molecule has 3 amide bonds. The van der Waals surface area contributed by atoms with Crippen LogP contribution in [0.5, 0.6) is 0 Å². The second-order valence-corrected chi connectivity index (χ2v) is 7.17. The Hall–Kier alpha value is -2.28. The van der Waals surface area contributed by atoms with Crippen molar-refractivity contribution in [2.75, 3.05) is 18.8 Å². The van der Waals surface area contributed by atoms with E-state index in [9.17, 15) is 9.59 Å². The summed E-state index contributed by atoms with van der Waals surface area (Å²) in [5, 5.41) is 3.50. The highest BCUT2D eigenvalue weighted by Gasteiger charge is 2.27. The zero-order chi connectivity index (χ0) is 17.2. The van der Waals surface area contributed by atoms with Crippen LogP contribution in [0.25, 0.3) is 5.69 Å². The third-order valence-corrected chi connectivity index (χ3v) is 5.52. The second-order valence-electron chi connectivity index (χ2n) is 6.23. The Morgan fingerprint density at radius 2 is 2.00 bits per heavy atom. The molecule has 0 unspecified atom stereocenters. The van der Waals surface area contributed by atoms with Gasteiger partial charge >= 0.3 is 6.03 Å². The molecule has 0 bridgehead atoms. The summed E-state index contributed by atoms with van der Waals surface area (Å²) >= 11 is 1.41. The quantitative estimate of drug-likeness (QED) is 0.854. The van der Waals surface area contributed by atoms with Crippen LogP contribution in [0.1, 0.15) is 24.2 Å². The molecule has 2 aliphatic rings. The molecule has 1 aliphatic heterocycles. The van der Waals surface area contributed by atoms with E-state index in [1.165, 1.54) is 28.8 Å². The van der Waals surface area contributed by atoms with Crippen LogP contribution in [-0.2, 0) is 17.6 Å². The molecule has 0 saturated carbocycles. The van der Waals surface area contributed by atoms with Crippen LogP contribution in [0.4, 0.5) is 4.79 Å². The van der Waals surface area contributed by atoms with Crippen molar-refractivity contribution in [2.24, 2.45) is 0 Å². The predicted molar refractivity (Wildman–Crippen MR) is 96.0 cm³/mol. The smallest absolute Gasteiger partial charge is 0.324 e. The number of imidazole rings is 1. The van der Waals surface area contributed by atoms with Gasteiger partial charge in [-0.2, -0.15) is 0 Å². The average molecular weight is 356 g/mol. The van der Waals surface area contributed by atoms with Crippen LogP contribution in [0, 0.1) is 0 Å². The molecule has 1 aromatic heterocycles. The van der Waals surface area contributed by atoms with Gasteiger partial charge in [-0.1, -0.05) is 30.0 Å². The molecular weight excluding hydrogens is 336 g/mol. The molecule has 1 aromatic carbocycles. The maximum atomic E-state index is 12.3. The number of benzene rings is 1. The van der Waals surface area contributed by atoms with Gasteiger partial charge in [0, 0.05) is 24.5 Å². The van der Waals surface area contributed by atoms with Crippen LogP contribution in [-0.4, -0.2) is 45.2 Å². The first-order chi connectivity index (χ1) is 12.2. The van der Waals surface area contributed by atoms with Gasteiger partial charge in [0.1, 0.15) is 0 Å². The van der Waals surface area contributed by atoms with E-state index in [0.717, 1.165) is 35.8 Å². The largest absolute Gasteiger partial charge is 0.336 e. The van der Waals surface area contributed by atoms with E-state index < -0.39 is 0 Å². The third-order valence-electron chi connectivity index (χ3n) is 4.60. The minimum atomic E-state index is -0.295. The SMILES string of the molecule is O=C(CSc1nc2c(n1-c1ccccc1)CCCC2)N1CCNC1=O. The van der Waals surface area contributed by atoms with Gasteiger partial charge in [0.05, 0.1) is 11.4 Å². The number of amides is 3. The van der Waals surface area contributed by atoms with Crippen molar-refractivity contribution in [1.29, 1.82) is 0 Å². The molecule has 2 heterocycles. The van der Waals surface area contributed by atoms with E-state index in [1.807, 2.05) is 18.2 Å². The summed E-state index contributed by atoms with van der Waals surface area (Å²) in [6, 6.07) is 9.86.